The topological polar surface area (TPSA) is 20.2 Å². The fourth-order valence-electron chi connectivity index (χ4n) is 8.24. The molecule has 0 amide bonds. The van der Waals surface area contributed by atoms with Gasteiger partial charge in [-0.3, -0.25) is 0 Å². The lowest BCUT2D eigenvalue weighted by atomic mass is 9.47. The molecule has 4 aliphatic carbocycles. The molecule has 0 saturated heterocycles. The van der Waals surface area contributed by atoms with Crippen molar-refractivity contribution in [3.05, 3.63) is 11.6 Å². The van der Waals surface area contributed by atoms with Gasteiger partial charge >= 0.3 is 0 Å². The van der Waals surface area contributed by atoms with Crippen LogP contribution in [0.25, 0.3) is 0 Å². The molecule has 8 unspecified atom stereocenters. The Balaban J connectivity index is 0.00000124. The predicted octanol–water partition coefficient (Wildman–Crippen LogP) is 8.41. The summed E-state index contributed by atoms with van der Waals surface area (Å²) < 4.78 is 0. The van der Waals surface area contributed by atoms with Gasteiger partial charge < -0.3 is 5.11 Å². The highest BCUT2D eigenvalue weighted by molar-refractivity contribution is 5.25. The monoisotopic (exact) mass is 416 g/mol. The van der Waals surface area contributed by atoms with Crippen LogP contribution in [0.2, 0.25) is 0 Å². The van der Waals surface area contributed by atoms with E-state index in [-0.39, 0.29) is 6.10 Å². The van der Waals surface area contributed by atoms with Gasteiger partial charge in [0, 0.05) is 0 Å². The lowest BCUT2D eigenvalue weighted by molar-refractivity contribution is -0.0509. The second-order valence-corrected chi connectivity index (χ2v) is 12.1. The largest absolute Gasteiger partial charge is 0.393 e. The van der Waals surface area contributed by atoms with Crippen LogP contribution in [0, 0.1) is 46.3 Å². The Morgan fingerprint density at radius 1 is 1.00 bits per heavy atom. The maximum Gasteiger partial charge on any atom is 0.0577 e. The van der Waals surface area contributed by atoms with E-state index in [0.29, 0.717) is 10.8 Å². The molecular formula is C29H52O. The number of fused-ring (bicyclic) bond motifs is 5. The Morgan fingerprint density at radius 3 is 2.43 bits per heavy atom. The molecular weight excluding hydrogens is 364 g/mol. The molecule has 0 bridgehead atoms. The van der Waals surface area contributed by atoms with Crippen LogP contribution in [0.5, 0.6) is 0 Å². The third kappa shape index (κ3) is 4.31. The lowest BCUT2D eigenvalue weighted by Gasteiger charge is -2.58. The molecule has 3 fully saturated rings. The first-order valence-electron chi connectivity index (χ1n) is 13.6. The zero-order chi connectivity index (χ0) is 22.1. The summed E-state index contributed by atoms with van der Waals surface area (Å²) in [6.45, 7) is 16.5. The first-order valence-corrected chi connectivity index (χ1v) is 13.6. The Kier molecular flexibility index (Phi) is 7.85. The van der Waals surface area contributed by atoms with Crippen LogP contribution in [0.15, 0.2) is 11.6 Å². The van der Waals surface area contributed by atoms with Crippen LogP contribution < -0.4 is 0 Å². The van der Waals surface area contributed by atoms with Crippen molar-refractivity contribution in [3.8, 4) is 0 Å². The lowest BCUT2D eigenvalue weighted by Crippen LogP contribution is -2.50. The highest BCUT2D eigenvalue weighted by Gasteiger charge is 2.58. The molecule has 30 heavy (non-hydrogen) atoms. The summed E-state index contributed by atoms with van der Waals surface area (Å²) in [5, 5.41) is 10.2. The van der Waals surface area contributed by atoms with E-state index in [1.165, 1.54) is 57.8 Å². The summed E-state index contributed by atoms with van der Waals surface area (Å²) in [4.78, 5) is 0. The van der Waals surface area contributed by atoms with Gasteiger partial charge in [-0.25, -0.2) is 0 Å². The third-order valence-electron chi connectivity index (χ3n) is 10.6. The summed E-state index contributed by atoms with van der Waals surface area (Å²) >= 11 is 0. The molecule has 4 aliphatic rings. The van der Waals surface area contributed by atoms with Crippen molar-refractivity contribution in [1.29, 1.82) is 0 Å². The summed E-state index contributed by atoms with van der Waals surface area (Å²) in [5.74, 6) is 5.45. The summed E-state index contributed by atoms with van der Waals surface area (Å²) in [6.07, 6.45) is 17.3. The van der Waals surface area contributed by atoms with Crippen LogP contribution >= 0.6 is 0 Å². The number of rotatable bonds is 5. The van der Waals surface area contributed by atoms with Gasteiger partial charge in [0.05, 0.1) is 6.10 Å². The van der Waals surface area contributed by atoms with Crippen molar-refractivity contribution < 1.29 is 5.11 Å². The Hall–Kier alpha value is -0.300. The molecule has 0 aromatic carbocycles. The zero-order valence-corrected chi connectivity index (χ0v) is 21.3. The van der Waals surface area contributed by atoms with Crippen LogP contribution in [0.1, 0.15) is 119 Å². The minimum atomic E-state index is -0.0752. The highest BCUT2D eigenvalue weighted by Crippen LogP contribution is 2.66. The van der Waals surface area contributed by atoms with Crippen LogP contribution in [0.3, 0.4) is 0 Å². The van der Waals surface area contributed by atoms with E-state index in [1.807, 2.05) is 13.8 Å². The first-order chi connectivity index (χ1) is 14.3. The number of hydrogen-bond donors (Lipinski definition) is 1. The van der Waals surface area contributed by atoms with Gasteiger partial charge in [-0.05, 0) is 104 Å². The molecule has 4 rings (SSSR count). The molecule has 3 saturated carbocycles. The molecule has 0 radical (unpaired) electrons. The van der Waals surface area contributed by atoms with Crippen molar-refractivity contribution in [2.24, 2.45) is 46.3 Å². The van der Waals surface area contributed by atoms with Gasteiger partial charge in [0.2, 0.25) is 0 Å². The summed E-state index contributed by atoms with van der Waals surface area (Å²) in [6, 6.07) is 0. The zero-order valence-electron chi connectivity index (χ0n) is 21.3. The van der Waals surface area contributed by atoms with E-state index in [1.54, 1.807) is 5.57 Å². The van der Waals surface area contributed by atoms with Crippen molar-refractivity contribution in [1.82, 2.24) is 0 Å². The molecule has 0 aromatic heterocycles. The first kappa shape index (κ1) is 24.3. The molecule has 1 heteroatoms. The summed E-state index contributed by atoms with van der Waals surface area (Å²) in [7, 11) is 0. The third-order valence-corrected chi connectivity index (χ3v) is 10.6. The van der Waals surface area contributed by atoms with Gasteiger partial charge in [-0.1, -0.05) is 73.0 Å². The Labute approximate surface area is 188 Å². The average Bonchev–Trinajstić information content (AvgIpc) is 3.06. The number of aliphatic hydroxyl groups is 1. The maximum absolute atomic E-state index is 10.2. The highest BCUT2D eigenvalue weighted by atomic mass is 16.3. The van der Waals surface area contributed by atoms with Gasteiger partial charge in [0.25, 0.3) is 0 Å². The fourth-order valence-corrected chi connectivity index (χ4v) is 8.24. The molecule has 0 spiro atoms. The van der Waals surface area contributed by atoms with E-state index in [9.17, 15) is 5.11 Å². The molecule has 1 nitrogen and oxygen atoms in total. The van der Waals surface area contributed by atoms with E-state index < -0.39 is 0 Å². The standard InChI is InChI=1S/C27H46O.C2H6/c1-18(2)19(3)7-6-8-20-10-12-24-23-11-9-21-17-22(28)13-15-27(21,5)25(23)14-16-26(20,24)4;1-2/h9,18-20,22-25,28H,6-8,10-17H2,1-5H3;1-2H3. The van der Waals surface area contributed by atoms with Crippen molar-refractivity contribution in [2.75, 3.05) is 0 Å². The van der Waals surface area contributed by atoms with E-state index in [4.69, 9.17) is 0 Å². The smallest absolute Gasteiger partial charge is 0.0577 e. The van der Waals surface area contributed by atoms with Crippen LogP contribution in [-0.4, -0.2) is 11.2 Å². The van der Waals surface area contributed by atoms with Crippen molar-refractivity contribution in [2.45, 2.75) is 125 Å². The summed E-state index contributed by atoms with van der Waals surface area (Å²) in [5.41, 5.74) is 2.63. The van der Waals surface area contributed by atoms with E-state index in [0.717, 1.165) is 48.3 Å². The number of aliphatic hydroxyl groups excluding tert-OH is 1. The SMILES string of the molecule is CC.CC(C)C(C)CCCC1CCC2C3CC=C4CC(O)CCC4(C)C3CCC12C. The average molecular weight is 417 g/mol. The van der Waals surface area contributed by atoms with Gasteiger partial charge in [0.1, 0.15) is 0 Å². The van der Waals surface area contributed by atoms with Gasteiger partial charge in [-0.2, -0.15) is 0 Å². The van der Waals surface area contributed by atoms with Crippen molar-refractivity contribution in [3.63, 3.8) is 0 Å². The minimum Gasteiger partial charge on any atom is -0.393 e. The van der Waals surface area contributed by atoms with Crippen molar-refractivity contribution >= 4 is 0 Å². The van der Waals surface area contributed by atoms with Gasteiger partial charge in [-0.15, -0.1) is 0 Å². The molecule has 0 heterocycles. The molecule has 0 aliphatic heterocycles. The predicted molar refractivity (Wildman–Crippen MR) is 130 cm³/mol. The Bertz CT molecular complexity index is 591. The normalized spacial score (nSPS) is 43.6. The molecule has 174 valence electrons. The second-order valence-electron chi connectivity index (χ2n) is 12.1. The minimum absolute atomic E-state index is 0.0752. The fraction of sp³-hybridized carbons (Fsp3) is 0.931. The van der Waals surface area contributed by atoms with Gasteiger partial charge in [0.15, 0.2) is 0 Å². The maximum atomic E-state index is 10.2. The van der Waals surface area contributed by atoms with Crippen LogP contribution in [-0.2, 0) is 0 Å². The molecule has 1 N–H and O–H groups in total. The van der Waals surface area contributed by atoms with Crippen LogP contribution in [0.4, 0.5) is 0 Å². The number of allylic oxidation sites excluding steroid dienone is 1. The quantitative estimate of drug-likeness (QED) is 0.446. The molecule has 8 atom stereocenters. The van der Waals surface area contributed by atoms with E-state index in [2.05, 4.69) is 40.7 Å². The number of hydrogen-bond acceptors (Lipinski definition) is 1. The Morgan fingerprint density at radius 2 is 1.73 bits per heavy atom. The van der Waals surface area contributed by atoms with E-state index >= 15 is 0 Å². The second kappa shape index (κ2) is 9.68. The molecule has 0 aromatic rings.